The Labute approximate surface area is 211 Å². The molecule has 4 aromatic rings. The zero-order valence-electron chi connectivity index (χ0n) is 20.5. The van der Waals surface area contributed by atoms with Crippen LogP contribution in [0.3, 0.4) is 0 Å². The van der Waals surface area contributed by atoms with E-state index in [9.17, 15) is 4.79 Å². The summed E-state index contributed by atoms with van der Waals surface area (Å²) in [7, 11) is 0. The van der Waals surface area contributed by atoms with Gasteiger partial charge in [0.25, 0.3) is 5.91 Å². The van der Waals surface area contributed by atoms with Crippen LogP contribution in [-0.4, -0.2) is 57.4 Å². The predicted molar refractivity (Wildman–Crippen MR) is 143 cm³/mol. The predicted octanol–water partition coefficient (Wildman–Crippen LogP) is 4.85. The number of benzene rings is 2. The van der Waals surface area contributed by atoms with Crippen LogP contribution in [0.5, 0.6) is 0 Å². The highest BCUT2D eigenvalue weighted by atomic mass is 16.1. The second-order valence-corrected chi connectivity index (χ2v) is 9.83. The van der Waals surface area contributed by atoms with E-state index in [1.54, 1.807) is 0 Å². The van der Waals surface area contributed by atoms with Crippen LogP contribution in [0.1, 0.15) is 42.5 Å². The summed E-state index contributed by atoms with van der Waals surface area (Å²) < 4.78 is 2.11. The molecule has 2 aromatic carbocycles. The number of rotatable bonds is 9. The number of carbonyl (C=O) groups excluding carboxylic acids is 1. The Balaban J connectivity index is 1.28. The minimum Gasteiger partial charge on any atom is -0.367 e. The van der Waals surface area contributed by atoms with Crippen LogP contribution in [0.2, 0.25) is 0 Å². The van der Waals surface area contributed by atoms with Crippen LogP contribution in [0.4, 0.5) is 5.82 Å². The zero-order chi connectivity index (χ0) is 24.3. The van der Waals surface area contributed by atoms with Crippen molar-refractivity contribution in [2.24, 2.45) is 0 Å². The molecule has 2 fully saturated rings. The summed E-state index contributed by atoms with van der Waals surface area (Å²) in [5.41, 5.74) is 5.43. The second-order valence-electron chi connectivity index (χ2n) is 9.83. The molecule has 184 valence electrons. The third-order valence-electron chi connectivity index (χ3n) is 7.06. The molecule has 7 heteroatoms. The van der Waals surface area contributed by atoms with Gasteiger partial charge in [-0.2, -0.15) is 0 Å². The standard InChI is InChI=1S/C29H32N6O/c36-29(32-24-13-14-24)23-11-9-22(10-12-23)26-19-31-28-27(30-15-6-18-34-16-4-5-17-34)33-25(20-35(26)28)21-7-2-1-3-8-21/h1-3,7-12,19-20,24H,4-6,13-18H2,(H,30,33)(H,32,36). The first-order chi connectivity index (χ1) is 17.7. The number of anilines is 1. The average molecular weight is 481 g/mol. The van der Waals surface area contributed by atoms with Gasteiger partial charge in [0, 0.05) is 35.5 Å². The van der Waals surface area contributed by atoms with Crippen LogP contribution in [0.15, 0.2) is 67.0 Å². The Morgan fingerprint density at radius 1 is 0.972 bits per heavy atom. The molecule has 1 saturated heterocycles. The number of imidazole rings is 1. The molecule has 0 spiro atoms. The van der Waals surface area contributed by atoms with Gasteiger partial charge in [0.2, 0.25) is 0 Å². The van der Waals surface area contributed by atoms with Crippen LogP contribution < -0.4 is 10.6 Å². The molecule has 0 radical (unpaired) electrons. The van der Waals surface area contributed by atoms with Crippen molar-refractivity contribution in [1.82, 2.24) is 24.6 Å². The van der Waals surface area contributed by atoms with Gasteiger partial charge in [-0.15, -0.1) is 0 Å². The van der Waals surface area contributed by atoms with Crippen LogP contribution >= 0.6 is 0 Å². The van der Waals surface area contributed by atoms with Gasteiger partial charge in [0.15, 0.2) is 11.5 Å². The third-order valence-corrected chi connectivity index (χ3v) is 7.06. The first-order valence-corrected chi connectivity index (χ1v) is 13.1. The lowest BCUT2D eigenvalue weighted by molar-refractivity contribution is 0.0951. The highest BCUT2D eigenvalue weighted by Gasteiger charge is 2.24. The molecule has 7 nitrogen and oxygen atoms in total. The van der Waals surface area contributed by atoms with Gasteiger partial charge < -0.3 is 15.5 Å². The quantitative estimate of drug-likeness (QED) is 0.335. The first kappa shape index (κ1) is 22.7. The number of nitrogens with one attached hydrogen (secondary N) is 2. The third kappa shape index (κ3) is 4.97. The van der Waals surface area contributed by atoms with E-state index in [0.717, 1.165) is 66.3 Å². The Kier molecular flexibility index (Phi) is 6.38. The summed E-state index contributed by atoms with van der Waals surface area (Å²) in [5, 5.41) is 6.61. The molecule has 2 N–H and O–H groups in total. The maximum atomic E-state index is 12.4. The van der Waals surface area contributed by atoms with Gasteiger partial charge >= 0.3 is 0 Å². The van der Waals surface area contributed by atoms with Gasteiger partial charge in [-0.1, -0.05) is 42.5 Å². The normalized spacial score (nSPS) is 15.9. The minimum absolute atomic E-state index is 0.00169. The van der Waals surface area contributed by atoms with E-state index in [0.29, 0.717) is 11.6 Å². The number of carbonyl (C=O) groups is 1. The van der Waals surface area contributed by atoms with Gasteiger partial charge in [-0.25, -0.2) is 9.97 Å². The van der Waals surface area contributed by atoms with E-state index in [4.69, 9.17) is 9.97 Å². The van der Waals surface area contributed by atoms with Crippen LogP contribution in [-0.2, 0) is 0 Å². The summed E-state index contributed by atoms with van der Waals surface area (Å²) >= 11 is 0. The molecule has 1 amide bonds. The van der Waals surface area contributed by atoms with Gasteiger partial charge in [0.1, 0.15) is 0 Å². The largest absolute Gasteiger partial charge is 0.367 e. The number of hydrogen-bond donors (Lipinski definition) is 2. The van der Waals surface area contributed by atoms with Crippen LogP contribution in [0.25, 0.3) is 28.2 Å². The molecule has 36 heavy (non-hydrogen) atoms. The van der Waals surface area contributed by atoms with Crippen molar-refractivity contribution in [1.29, 1.82) is 0 Å². The maximum Gasteiger partial charge on any atom is 0.251 e. The number of amides is 1. The number of nitrogens with zero attached hydrogens (tertiary/aromatic N) is 4. The fourth-order valence-electron chi connectivity index (χ4n) is 4.87. The van der Waals surface area contributed by atoms with Crippen molar-refractivity contribution >= 4 is 17.4 Å². The fourth-order valence-corrected chi connectivity index (χ4v) is 4.87. The number of fused-ring (bicyclic) bond motifs is 1. The Morgan fingerprint density at radius 3 is 2.50 bits per heavy atom. The Hall–Kier alpha value is -3.71. The van der Waals surface area contributed by atoms with Gasteiger partial charge in [0.05, 0.1) is 17.6 Å². The molecular weight excluding hydrogens is 448 g/mol. The molecule has 3 heterocycles. The zero-order valence-corrected chi connectivity index (χ0v) is 20.5. The smallest absolute Gasteiger partial charge is 0.251 e. The topological polar surface area (TPSA) is 74.6 Å². The molecule has 2 aromatic heterocycles. The highest BCUT2D eigenvalue weighted by Crippen LogP contribution is 2.28. The van der Waals surface area contributed by atoms with E-state index in [1.165, 1.54) is 25.9 Å². The van der Waals surface area contributed by atoms with Crippen molar-refractivity contribution < 1.29 is 4.79 Å². The second kappa shape index (κ2) is 10.1. The molecule has 1 saturated carbocycles. The van der Waals surface area contributed by atoms with Crippen molar-refractivity contribution in [2.45, 2.75) is 38.1 Å². The van der Waals surface area contributed by atoms with Gasteiger partial charge in [-0.3, -0.25) is 9.20 Å². The highest BCUT2D eigenvalue weighted by molar-refractivity contribution is 5.95. The first-order valence-electron chi connectivity index (χ1n) is 13.1. The fraction of sp³-hybridized carbons (Fsp3) is 0.345. The molecular formula is C29H32N6O. The Bertz CT molecular complexity index is 1340. The molecule has 1 aliphatic carbocycles. The Morgan fingerprint density at radius 2 is 1.75 bits per heavy atom. The van der Waals surface area contributed by atoms with Crippen molar-refractivity contribution in [3.05, 3.63) is 72.6 Å². The van der Waals surface area contributed by atoms with E-state index in [2.05, 4.69) is 38.3 Å². The summed E-state index contributed by atoms with van der Waals surface area (Å²) in [6.45, 7) is 4.40. The lowest BCUT2D eigenvalue weighted by Gasteiger charge is -2.15. The number of hydrogen-bond acceptors (Lipinski definition) is 5. The molecule has 0 unspecified atom stereocenters. The molecule has 1 aliphatic heterocycles. The van der Waals surface area contributed by atoms with Crippen LogP contribution in [0, 0.1) is 0 Å². The number of aromatic nitrogens is 3. The molecule has 2 aliphatic rings. The minimum atomic E-state index is -0.00169. The van der Waals surface area contributed by atoms with Gasteiger partial charge in [-0.05, 0) is 63.9 Å². The summed E-state index contributed by atoms with van der Waals surface area (Å²) in [6, 6.07) is 18.4. The molecule has 0 bridgehead atoms. The van der Waals surface area contributed by atoms with E-state index in [-0.39, 0.29) is 5.91 Å². The SMILES string of the molecule is O=C(NC1CC1)c1ccc(-c2cnc3c(NCCCN4CCCC4)nc(-c4ccccc4)cn23)cc1. The lowest BCUT2D eigenvalue weighted by atomic mass is 10.1. The summed E-state index contributed by atoms with van der Waals surface area (Å²) in [5.74, 6) is 0.794. The van der Waals surface area contributed by atoms with Crippen molar-refractivity contribution in [3.63, 3.8) is 0 Å². The average Bonchev–Trinajstić information content (AvgIpc) is 3.38. The van der Waals surface area contributed by atoms with E-state index in [1.807, 2.05) is 48.7 Å². The summed E-state index contributed by atoms with van der Waals surface area (Å²) in [6.07, 6.45) is 9.81. The lowest BCUT2D eigenvalue weighted by Crippen LogP contribution is -2.25. The number of likely N-dealkylation sites (tertiary alicyclic amines) is 1. The monoisotopic (exact) mass is 480 g/mol. The van der Waals surface area contributed by atoms with E-state index >= 15 is 0 Å². The van der Waals surface area contributed by atoms with E-state index < -0.39 is 0 Å². The maximum absolute atomic E-state index is 12.4. The van der Waals surface area contributed by atoms with Crippen molar-refractivity contribution in [2.75, 3.05) is 31.5 Å². The summed E-state index contributed by atoms with van der Waals surface area (Å²) in [4.78, 5) is 24.6. The van der Waals surface area contributed by atoms with Crippen molar-refractivity contribution in [3.8, 4) is 22.5 Å². The molecule has 6 rings (SSSR count). The molecule has 0 atom stereocenters.